The van der Waals surface area contributed by atoms with Crippen LogP contribution in [0.4, 0.5) is 5.69 Å². The molecule has 0 radical (unpaired) electrons. The van der Waals surface area contributed by atoms with Crippen molar-refractivity contribution >= 4 is 24.0 Å². The Morgan fingerprint density at radius 3 is 2.71 bits per heavy atom. The van der Waals surface area contributed by atoms with Gasteiger partial charge in [0.2, 0.25) is 5.91 Å². The van der Waals surface area contributed by atoms with E-state index in [1.54, 1.807) is 12.4 Å². The lowest BCUT2D eigenvalue weighted by Crippen LogP contribution is -2.26. The fraction of sp³-hybridized carbons (Fsp3) is 0.250. The third-order valence-corrected chi connectivity index (χ3v) is 3.24. The minimum atomic E-state index is -0.0377. The zero-order chi connectivity index (χ0) is 14.4. The molecule has 0 fully saturated rings. The number of hydrogen-bond donors (Lipinski definition) is 2. The molecule has 0 aliphatic rings. The number of nitrogen functional groups attached to an aromatic ring is 1. The van der Waals surface area contributed by atoms with Gasteiger partial charge in [0.15, 0.2) is 0 Å². The maximum atomic E-state index is 11.9. The number of carbonyl (C=O) groups excluding carboxylic acids is 1. The summed E-state index contributed by atoms with van der Waals surface area (Å²) in [5.41, 5.74) is 8.61. The average Bonchev–Trinajstić information content (AvgIpc) is 2.47. The molecule has 2 rings (SSSR count). The number of anilines is 1. The molecule has 1 heterocycles. The summed E-state index contributed by atoms with van der Waals surface area (Å²) >= 11 is 0. The summed E-state index contributed by atoms with van der Waals surface area (Å²) in [6, 6.07) is 11.4. The Bertz CT molecular complexity index is 575. The van der Waals surface area contributed by atoms with Crippen LogP contribution in [-0.2, 0) is 11.2 Å². The molecule has 21 heavy (non-hydrogen) atoms. The van der Waals surface area contributed by atoms with Crippen LogP contribution in [0.2, 0.25) is 0 Å². The third kappa shape index (κ3) is 5.08. The summed E-state index contributed by atoms with van der Waals surface area (Å²) in [6.07, 6.45) is 4.56. The Morgan fingerprint density at radius 2 is 2.05 bits per heavy atom. The van der Waals surface area contributed by atoms with E-state index in [-0.39, 0.29) is 24.4 Å². The summed E-state index contributed by atoms with van der Waals surface area (Å²) < 4.78 is 0. The highest BCUT2D eigenvalue weighted by Gasteiger charge is 2.10. The van der Waals surface area contributed by atoms with Crippen molar-refractivity contribution in [2.24, 2.45) is 0 Å². The van der Waals surface area contributed by atoms with Crippen LogP contribution in [0.3, 0.4) is 0 Å². The third-order valence-electron chi connectivity index (χ3n) is 3.24. The van der Waals surface area contributed by atoms with Crippen LogP contribution in [0.25, 0.3) is 0 Å². The van der Waals surface area contributed by atoms with Crippen molar-refractivity contribution < 1.29 is 4.79 Å². The smallest absolute Gasteiger partial charge is 0.220 e. The Hall–Kier alpha value is -2.07. The Labute approximate surface area is 131 Å². The van der Waals surface area contributed by atoms with E-state index >= 15 is 0 Å². The topological polar surface area (TPSA) is 68.0 Å². The minimum Gasteiger partial charge on any atom is -0.399 e. The van der Waals surface area contributed by atoms with Crippen LogP contribution in [0.1, 0.15) is 30.5 Å². The van der Waals surface area contributed by atoms with E-state index in [0.717, 1.165) is 16.8 Å². The van der Waals surface area contributed by atoms with Gasteiger partial charge in [-0.05, 0) is 36.6 Å². The number of nitrogens with two attached hydrogens (primary N) is 1. The first-order valence-corrected chi connectivity index (χ1v) is 6.69. The number of carbonyl (C=O) groups is 1. The summed E-state index contributed by atoms with van der Waals surface area (Å²) in [6.45, 7) is 1.95. The van der Waals surface area contributed by atoms with Gasteiger partial charge < -0.3 is 11.1 Å². The lowest BCUT2D eigenvalue weighted by molar-refractivity contribution is -0.121. The monoisotopic (exact) mass is 305 g/mol. The van der Waals surface area contributed by atoms with Gasteiger partial charge in [-0.2, -0.15) is 0 Å². The SMILES string of the molecule is CC(NC(=O)CCc1ccccc1N)c1cccnc1.Cl. The van der Waals surface area contributed by atoms with Crippen LogP contribution < -0.4 is 11.1 Å². The molecule has 112 valence electrons. The van der Waals surface area contributed by atoms with Crippen LogP contribution >= 0.6 is 12.4 Å². The highest BCUT2D eigenvalue weighted by Crippen LogP contribution is 2.14. The van der Waals surface area contributed by atoms with Crippen molar-refractivity contribution in [3.63, 3.8) is 0 Å². The number of pyridine rings is 1. The van der Waals surface area contributed by atoms with Crippen molar-refractivity contribution in [1.82, 2.24) is 10.3 Å². The lowest BCUT2D eigenvalue weighted by atomic mass is 10.1. The number of aromatic nitrogens is 1. The van der Waals surface area contributed by atoms with E-state index < -0.39 is 0 Å². The minimum absolute atomic E-state index is 0. The van der Waals surface area contributed by atoms with Crippen molar-refractivity contribution in [3.8, 4) is 0 Å². The van der Waals surface area contributed by atoms with Crippen molar-refractivity contribution in [1.29, 1.82) is 0 Å². The summed E-state index contributed by atoms with van der Waals surface area (Å²) in [5, 5.41) is 2.97. The molecule has 1 aromatic heterocycles. The molecule has 1 unspecified atom stereocenters. The highest BCUT2D eigenvalue weighted by atomic mass is 35.5. The number of amides is 1. The predicted octanol–water partition coefficient (Wildman–Crippen LogP) is 2.90. The van der Waals surface area contributed by atoms with Gasteiger partial charge >= 0.3 is 0 Å². The van der Waals surface area contributed by atoms with E-state index in [4.69, 9.17) is 5.73 Å². The molecule has 1 amide bonds. The molecule has 0 bridgehead atoms. The zero-order valence-electron chi connectivity index (χ0n) is 12.0. The van der Waals surface area contributed by atoms with Gasteiger partial charge in [-0.15, -0.1) is 12.4 Å². The molecule has 2 aromatic rings. The van der Waals surface area contributed by atoms with Crippen LogP contribution in [-0.4, -0.2) is 10.9 Å². The molecule has 1 aromatic carbocycles. The van der Waals surface area contributed by atoms with Gasteiger partial charge in [0.25, 0.3) is 0 Å². The molecule has 4 nitrogen and oxygen atoms in total. The van der Waals surface area contributed by atoms with Crippen LogP contribution in [0, 0.1) is 0 Å². The number of hydrogen-bond acceptors (Lipinski definition) is 3. The quantitative estimate of drug-likeness (QED) is 0.835. The number of para-hydroxylation sites is 1. The van der Waals surface area contributed by atoms with Gasteiger partial charge in [0, 0.05) is 24.5 Å². The molecule has 1 atom stereocenters. The van der Waals surface area contributed by atoms with E-state index in [0.29, 0.717) is 12.8 Å². The Morgan fingerprint density at radius 1 is 1.29 bits per heavy atom. The number of nitrogens with zero attached hydrogens (tertiary/aromatic N) is 1. The van der Waals surface area contributed by atoms with E-state index in [1.165, 1.54) is 0 Å². The van der Waals surface area contributed by atoms with E-state index in [1.807, 2.05) is 43.3 Å². The number of rotatable bonds is 5. The molecule has 5 heteroatoms. The van der Waals surface area contributed by atoms with Crippen molar-refractivity contribution in [2.45, 2.75) is 25.8 Å². The first kappa shape index (κ1) is 17.0. The van der Waals surface area contributed by atoms with Crippen LogP contribution in [0.15, 0.2) is 48.8 Å². The molecular weight excluding hydrogens is 286 g/mol. The second-order valence-electron chi connectivity index (χ2n) is 4.77. The second kappa shape index (κ2) is 8.27. The van der Waals surface area contributed by atoms with Gasteiger partial charge in [-0.3, -0.25) is 9.78 Å². The molecule has 3 N–H and O–H groups in total. The first-order chi connectivity index (χ1) is 9.66. The molecule has 0 saturated heterocycles. The largest absolute Gasteiger partial charge is 0.399 e. The number of aryl methyl sites for hydroxylation is 1. The summed E-state index contributed by atoms with van der Waals surface area (Å²) in [7, 11) is 0. The maximum Gasteiger partial charge on any atom is 0.220 e. The molecule has 0 aliphatic heterocycles. The number of nitrogens with one attached hydrogen (secondary N) is 1. The second-order valence-corrected chi connectivity index (χ2v) is 4.77. The Balaban J connectivity index is 0.00000220. The average molecular weight is 306 g/mol. The first-order valence-electron chi connectivity index (χ1n) is 6.69. The predicted molar refractivity (Wildman–Crippen MR) is 87.2 cm³/mol. The van der Waals surface area contributed by atoms with E-state index in [2.05, 4.69) is 10.3 Å². The maximum absolute atomic E-state index is 11.9. The van der Waals surface area contributed by atoms with Gasteiger partial charge in [-0.25, -0.2) is 0 Å². The molecule has 0 saturated carbocycles. The summed E-state index contributed by atoms with van der Waals surface area (Å²) in [4.78, 5) is 16.0. The van der Waals surface area contributed by atoms with Crippen molar-refractivity contribution in [2.75, 3.05) is 5.73 Å². The normalized spacial score (nSPS) is 11.3. The van der Waals surface area contributed by atoms with Crippen molar-refractivity contribution in [3.05, 3.63) is 59.9 Å². The van der Waals surface area contributed by atoms with Gasteiger partial charge in [-0.1, -0.05) is 24.3 Å². The summed E-state index contributed by atoms with van der Waals surface area (Å²) in [5.74, 6) is 0.0182. The lowest BCUT2D eigenvalue weighted by Gasteiger charge is -2.14. The number of benzene rings is 1. The van der Waals surface area contributed by atoms with Gasteiger partial charge in [0.1, 0.15) is 0 Å². The van der Waals surface area contributed by atoms with E-state index in [9.17, 15) is 4.79 Å². The van der Waals surface area contributed by atoms with Crippen LogP contribution in [0.5, 0.6) is 0 Å². The fourth-order valence-corrected chi connectivity index (χ4v) is 2.04. The standard InChI is InChI=1S/C16H19N3O.ClH/c1-12(14-6-4-10-18-11-14)19-16(20)9-8-13-5-2-3-7-15(13)17;/h2-7,10-12H,8-9,17H2,1H3,(H,19,20);1H. The Kier molecular flexibility index (Phi) is 6.69. The van der Waals surface area contributed by atoms with Gasteiger partial charge in [0.05, 0.1) is 6.04 Å². The molecular formula is C16H20ClN3O. The molecule has 0 spiro atoms. The number of halogens is 1. The molecule has 0 aliphatic carbocycles. The zero-order valence-corrected chi connectivity index (χ0v) is 12.8. The highest BCUT2D eigenvalue weighted by molar-refractivity contribution is 5.85. The fourth-order valence-electron chi connectivity index (χ4n) is 2.04.